The van der Waals surface area contributed by atoms with E-state index in [2.05, 4.69) is 10.6 Å². The van der Waals surface area contributed by atoms with E-state index < -0.39 is 0 Å². The van der Waals surface area contributed by atoms with Gasteiger partial charge in [-0.25, -0.2) is 0 Å². The largest absolute Gasteiger partial charge is 0.495 e. The molecule has 0 aliphatic carbocycles. The predicted octanol–water partition coefficient (Wildman–Crippen LogP) is 4.63. The summed E-state index contributed by atoms with van der Waals surface area (Å²) in [5.74, 6) is 1.32. The molecule has 0 aliphatic rings. The van der Waals surface area contributed by atoms with Gasteiger partial charge in [-0.05, 0) is 54.4 Å². The van der Waals surface area contributed by atoms with Crippen LogP contribution in [0.25, 0.3) is 0 Å². The lowest BCUT2D eigenvalue weighted by atomic mass is 10.2. The molecule has 0 bridgehead atoms. The van der Waals surface area contributed by atoms with E-state index >= 15 is 0 Å². The summed E-state index contributed by atoms with van der Waals surface area (Å²) < 4.78 is 11.1. The number of hydrogen-bond donors (Lipinski definition) is 2. The zero-order valence-corrected chi connectivity index (χ0v) is 16.1. The predicted molar refractivity (Wildman–Crippen MR) is 112 cm³/mol. The highest BCUT2D eigenvalue weighted by Crippen LogP contribution is 2.25. The van der Waals surface area contributed by atoms with Crippen molar-refractivity contribution in [3.63, 3.8) is 0 Å². The molecular formula is C23H24N2O3. The van der Waals surface area contributed by atoms with Crippen LogP contribution in [0.1, 0.15) is 11.1 Å². The van der Waals surface area contributed by atoms with Crippen molar-refractivity contribution in [3.8, 4) is 11.5 Å². The number of aryl methyl sites for hydroxylation is 1. The number of rotatable bonds is 8. The standard InChI is InChI=1S/C23H24N2O3/c1-17-8-13-22(27-2)21(14-17)24-15-23(26)25-19-9-11-20(12-10-19)28-16-18-6-4-3-5-7-18/h3-14,24H,15-16H2,1-2H3,(H,25,26). The van der Waals surface area contributed by atoms with Crippen molar-refractivity contribution in [3.05, 3.63) is 83.9 Å². The average molecular weight is 376 g/mol. The topological polar surface area (TPSA) is 59.6 Å². The molecule has 0 fully saturated rings. The molecule has 5 nitrogen and oxygen atoms in total. The zero-order valence-electron chi connectivity index (χ0n) is 16.1. The number of anilines is 2. The molecule has 0 saturated heterocycles. The fourth-order valence-corrected chi connectivity index (χ4v) is 2.72. The minimum absolute atomic E-state index is 0.137. The Bertz CT molecular complexity index is 909. The van der Waals surface area contributed by atoms with Crippen LogP contribution in [-0.4, -0.2) is 19.6 Å². The molecule has 1 amide bonds. The molecule has 2 N–H and O–H groups in total. The summed E-state index contributed by atoms with van der Waals surface area (Å²) in [4.78, 5) is 12.2. The van der Waals surface area contributed by atoms with Crippen molar-refractivity contribution in [2.45, 2.75) is 13.5 Å². The summed E-state index contributed by atoms with van der Waals surface area (Å²) in [5, 5.41) is 5.98. The van der Waals surface area contributed by atoms with Crippen LogP contribution < -0.4 is 20.1 Å². The highest BCUT2D eigenvalue weighted by Gasteiger charge is 2.07. The number of nitrogens with one attached hydrogen (secondary N) is 2. The molecule has 0 aromatic heterocycles. The minimum atomic E-state index is -0.137. The van der Waals surface area contributed by atoms with E-state index in [4.69, 9.17) is 9.47 Å². The van der Waals surface area contributed by atoms with E-state index in [-0.39, 0.29) is 12.5 Å². The van der Waals surface area contributed by atoms with E-state index in [9.17, 15) is 4.79 Å². The SMILES string of the molecule is COc1ccc(C)cc1NCC(=O)Nc1ccc(OCc2ccccc2)cc1. The third-order valence-electron chi connectivity index (χ3n) is 4.18. The Labute approximate surface area is 165 Å². The summed E-state index contributed by atoms with van der Waals surface area (Å²) in [7, 11) is 1.61. The van der Waals surface area contributed by atoms with E-state index in [1.54, 1.807) is 7.11 Å². The van der Waals surface area contributed by atoms with Crippen molar-refractivity contribution in [2.75, 3.05) is 24.3 Å². The zero-order chi connectivity index (χ0) is 19.8. The van der Waals surface area contributed by atoms with Crippen molar-refractivity contribution in [2.24, 2.45) is 0 Å². The van der Waals surface area contributed by atoms with Crippen molar-refractivity contribution in [1.82, 2.24) is 0 Å². The van der Waals surface area contributed by atoms with Crippen LogP contribution in [-0.2, 0) is 11.4 Å². The number of benzene rings is 3. The second kappa shape index (κ2) is 9.46. The maximum absolute atomic E-state index is 12.2. The number of amides is 1. The van der Waals surface area contributed by atoms with Gasteiger partial charge in [-0.1, -0.05) is 36.4 Å². The van der Waals surface area contributed by atoms with Gasteiger partial charge in [0, 0.05) is 5.69 Å². The van der Waals surface area contributed by atoms with E-state index in [0.717, 1.165) is 28.3 Å². The first-order valence-corrected chi connectivity index (χ1v) is 9.09. The molecule has 3 aromatic rings. The molecule has 28 heavy (non-hydrogen) atoms. The molecule has 0 heterocycles. The number of methoxy groups -OCH3 is 1. The Morgan fingerprint density at radius 2 is 1.71 bits per heavy atom. The van der Waals surface area contributed by atoms with Crippen LogP contribution >= 0.6 is 0 Å². The Balaban J connectivity index is 1.50. The molecule has 3 aromatic carbocycles. The van der Waals surface area contributed by atoms with Crippen LogP contribution in [0.5, 0.6) is 11.5 Å². The molecule has 144 valence electrons. The normalized spacial score (nSPS) is 10.2. The molecule has 0 saturated carbocycles. The minimum Gasteiger partial charge on any atom is -0.495 e. The van der Waals surface area contributed by atoms with Crippen LogP contribution in [0.15, 0.2) is 72.8 Å². The van der Waals surface area contributed by atoms with E-state index in [0.29, 0.717) is 12.4 Å². The van der Waals surface area contributed by atoms with Crippen LogP contribution in [0.2, 0.25) is 0 Å². The maximum atomic E-state index is 12.2. The highest BCUT2D eigenvalue weighted by molar-refractivity contribution is 5.94. The van der Waals surface area contributed by atoms with Gasteiger partial charge in [-0.15, -0.1) is 0 Å². The number of hydrogen-bond acceptors (Lipinski definition) is 4. The number of carbonyl (C=O) groups is 1. The summed E-state index contributed by atoms with van der Waals surface area (Å²) in [6, 6.07) is 23.1. The third kappa shape index (κ3) is 5.51. The monoisotopic (exact) mass is 376 g/mol. The number of ether oxygens (including phenoxy) is 2. The second-order valence-electron chi connectivity index (χ2n) is 6.40. The first kappa shape index (κ1) is 19.3. The van der Waals surface area contributed by atoms with Gasteiger partial charge < -0.3 is 20.1 Å². The maximum Gasteiger partial charge on any atom is 0.243 e. The smallest absolute Gasteiger partial charge is 0.243 e. The van der Waals surface area contributed by atoms with Crippen LogP contribution in [0.4, 0.5) is 11.4 Å². The Morgan fingerprint density at radius 1 is 0.964 bits per heavy atom. The third-order valence-corrected chi connectivity index (χ3v) is 4.18. The lowest BCUT2D eigenvalue weighted by Gasteiger charge is -2.12. The van der Waals surface area contributed by atoms with Crippen LogP contribution in [0, 0.1) is 6.92 Å². The fraction of sp³-hybridized carbons (Fsp3) is 0.174. The van der Waals surface area contributed by atoms with Crippen molar-refractivity contribution >= 4 is 17.3 Å². The number of carbonyl (C=O) groups excluding carboxylic acids is 1. The summed E-state index contributed by atoms with van der Waals surface area (Å²) in [6.07, 6.45) is 0. The van der Waals surface area contributed by atoms with Gasteiger partial charge in [-0.2, -0.15) is 0 Å². The molecule has 0 aliphatic heterocycles. The van der Waals surface area contributed by atoms with Gasteiger partial charge in [0.05, 0.1) is 19.3 Å². The highest BCUT2D eigenvalue weighted by atomic mass is 16.5. The molecule has 3 rings (SSSR count). The quantitative estimate of drug-likeness (QED) is 0.602. The molecular weight excluding hydrogens is 352 g/mol. The Hall–Kier alpha value is -3.47. The fourth-order valence-electron chi connectivity index (χ4n) is 2.72. The van der Waals surface area contributed by atoms with Crippen molar-refractivity contribution < 1.29 is 14.3 Å². The molecule has 0 atom stereocenters. The Kier molecular flexibility index (Phi) is 6.52. The van der Waals surface area contributed by atoms with Gasteiger partial charge in [-0.3, -0.25) is 4.79 Å². The molecule has 0 radical (unpaired) electrons. The van der Waals surface area contributed by atoms with Gasteiger partial charge >= 0.3 is 0 Å². The second-order valence-corrected chi connectivity index (χ2v) is 6.40. The first-order valence-electron chi connectivity index (χ1n) is 9.09. The molecule has 0 spiro atoms. The van der Waals surface area contributed by atoms with Crippen LogP contribution in [0.3, 0.4) is 0 Å². The van der Waals surface area contributed by atoms with Crippen molar-refractivity contribution in [1.29, 1.82) is 0 Å². The van der Waals surface area contributed by atoms with E-state index in [1.165, 1.54) is 0 Å². The first-order chi connectivity index (χ1) is 13.6. The Morgan fingerprint density at radius 3 is 2.43 bits per heavy atom. The lowest BCUT2D eigenvalue weighted by Crippen LogP contribution is -2.22. The average Bonchev–Trinajstić information content (AvgIpc) is 2.72. The van der Waals surface area contributed by atoms with Gasteiger partial charge in [0.25, 0.3) is 0 Å². The van der Waals surface area contributed by atoms with Gasteiger partial charge in [0.1, 0.15) is 18.1 Å². The lowest BCUT2D eigenvalue weighted by molar-refractivity contribution is -0.114. The van der Waals surface area contributed by atoms with Gasteiger partial charge in [0.2, 0.25) is 5.91 Å². The summed E-state index contributed by atoms with van der Waals surface area (Å²) in [5.41, 5.74) is 3.71. The molecule has 5 heteroatoms. The molecule has 0 unspecified atom stereocenters. The summed E-state index contributed by atoms with van der Waals surface area (Å²) in [6.45, 7) is 2.65. The van der Waals surface area contributed by atoms with E-state index in [1.807, 2.05) is 79.7 Å². The summed E-state index contributed by atoms with van der Waals surface area (Å²) >= 11 is 0. The van der Waals surface area contributed by atoms with Gasteiger partial charge in [0.15, 0.2) is 0 Å².